The summed E-state index contributed by atoms with van der Waals surface area (Å²) in [6, 6.07) is 0. The highest BCUT2D eigenvalue weighted by Gasteiger charge is 2.11. The maximum absolute atomic E-state index is 9.78. The van der Waals surface area contributed by atoms with Crippen molar-refractivity contribution in [2.75, 3.05) is 0 Å². The Balaban J connectivity index is 2.37. The molecule has 2 unspecified atom stereocenters. The Morgan fingerprint density at radius 2 is 2.29 bits per heavy atom. The fourth-order valence-electron chi connectivity index (χ4n) is 1.41. The fraction of sp³-hybridized carbons (Fsp3) is 0.727. The van der Waals surface area contributed by atoms with E-state index in [4.69, 9.17) is 0 Å². The van der Waals surface area contributed by atoms with Crippen molar-refractivity contribution in [2.24, 2.45) is 5.92 Å². The lowest BCUT2D eigenvalue weighted by Crippen LogP contribution is -2.14. The van der Waals surface area contributed by atoms with Gasteiger partial charge < -0.3 is 5.11 Å². The molecule has 1 heterocycles. The van der Waals surface area contributed by atoms with Gasteiger partial charge in [-0.25, -0.2) is 4.98 Å². The first-order valence-electron chi connectivity index (χ1n) is 5.20. The van der Waals surface area contributed by atoms with Gasteiger partial charge in [0.2, 0.25) is 0 Å². The largest absolute Gasteiger partial charge is 0.393 e. The van der Waals surface area contributed by atoms with E-state index in [9.17, 15) is 5.11 Å². The van der Waals surface area contributed by atoms with Gasteiger partial charge in [0, 0.05) is 17.5 Å². The van der Waals surface area contributed by atoms with E-state index in [0.29, 0.717) is 12.3 Å². The van der Waals surface area contributed by atoms with Gasteiger partial charge in [-0.05, 0) is 19.3 Å². The molecule has 0 aromatic carbocycles. The Kier molecular flexibility index (Phi) is 4.55. The van der Waals surface area contributed by atoms with E-state index in [1.165, 1.54) is 0 Å². The highest BCUT2D eigenvalue weighted by molar-refractivity contribution is 7.09. The second-order valence-corrected chi connectivity index (χ2v) is 4.93. The van der Waals surface area contributed by atoms with Crippen LogP contribution in [0.4, 0.5) is 0 Å². The standard InChI is InChI=1S/C11H19NOS/c1-4-8(2)5-10(13)6-11-12-9(3)7-14-11/h7-8,10,13H,4-6H2,1-3H3. The van der Waals surface area contributed by atoms with E-state index < -0.39 is 0 Å². The molecular weight excluding hydrogens is 194 g/mol. The quantitative estimate of drug-likeness (QED) is 0.816. The number of aromatic nitrogens is 1. The summed E-state index contributed by atoms with van der Waals surface area (Å²) >= 11 is 1.64. The van der Waals surface area contributed by atoms with Gasteiger partial charge in [-0.2, -0.15) is 0 Å². The Morgan fingerprint density at radius 1 is 1.57 bits per heavy atom. The van der Waals surface area contributed by atoms with Crippen LogP contribution in [0.1, 0.15) is 37.4 Å². The summed E-state index contributed by atoms with van der Waals surface area (Å²) in [5.74, 6) is 0.603. The van der Waals surface area contributed by atoms with Crippen LogP contribution in [0.5, 0.6) is 0 Å². The van der Waals surface area contributed by atoms with E-state index in [1.54, 1.807) is 11.3 Å². The molecule has 0 bridgehead atoms. The molecular formula is C11H19NOS. The summed E-state index contributed by atoms with van der Waals surface area (Å²) in [4.78, 5) is 4.34. The molecule has 14 heavy (non-hydrogen) atoms. The normalized spacial score (nSPS) is 15.4. The molecule has 0 saturated heterocycles. The second kappa shape index (κ2) is 5.47. The number of hydrogen-bond acceptors (Lipinski definition) is 3. The summed E-state index contributed by atoms with van der Waals surface area (Å²) in [5, 5.41) is 12.9. The lowest BCUT2D eigenvalue weighted by molar-refractivity contribution is 0.144. The fourth-order valence-corrected chi connectivity index (χ4v) is 2.26. The minimum Gasteiger partial charge on any atom is -0.393 e. The Morgan fingerprint density at radius 3 is 2.79 bits per heavy atom. The zero-order chi connectivity index (χ0) is 10.6. The number of thiazole rings is 1. The predicted octanol–water partition coefficient (Wildman–Crippen LogP) is 2.79. The molecule has 0 radical (unpaired) electrons. The van der Waals surface area contributed by atoms with E-state index in [2.05, 4.69) is 18.8 Å². The molecule has 0 aliphatic rings. The van der Waals surface area contributed by atoms with Crippen molar-refractivity contribution in [3.05, 3.63) is 16.1 Å². The van der Waals surface area contributed by atoms with Crippen molar-refractivity contribution in [3.63, 3.8) is 0 Å². The zero-order valence-electron chi connectivity index (χ0n) is 9.16. The topological polar surface area (TPSA) is 33.1 Å². The van der Waals surface area contributed by atoms with Crippen molar-refractivity contribution in [1.82, 2.24) is 4.98 Å². The summed E-state index contributed by atoms with van der Waals surface area (Å²) in [6.45, 7) is 6.32. The molecule has 0 amide bonds. The third kappa shape index (κ3) is 3.76. The van der Waals surface area contributed by atoms with Crippen LogP contribution in [-0.2, 0) is 6.42 Å². The lowest BCUT2D eigenvalue weighted by Gasteiger charge is -2.13. The van der Waals surface area contributed by atoms with Gasteiger partial charge in [-0.1, -0.05) is 20.3 Å². The molecule has 2 atom stereocenters. The SMILES string of the molecule is CCC(C)CC(O)Cc1nc(C)cs1. The molecule has 3 heteroatoms. The van der Waals surface area contributed by atoms with Crippen LogP contribution in [0.3, 0.4) is 0 Å². The van der Waals surface area contributed by atoms with Gasteiger partial charge >= 0.3 is 0 Å². The molecule has 0 saturated carbocycles. The number of rotatable bonds is 5. The number of hydrogen-bond donors (Lipinski definition) is 1. The first-order valence-corrected chi connectivity index (χ1v) is 6.08. The first kappa shape index (κ1) is 11.7. The average molecular weight is 213 g/mol. The molecule has 0 aliphatic heterocycles. The summed E-state index contributed by atoms with van der Waals surface area (Å²) < 4.78 is 0. The van der Waals surface area contributed by atoms with Gasteiger partial charge in [0.25, 0.3) is 0 Å². The highest BCUT2D eigenvalue weighted by atomic mass is 32.1. The summed E-state index contributed by atoms with van der Waals surface area (Å²) in [6.07, 6.45) is 2.50. The van der Waals surface area contributed by atoms with Crippen LogP contribution in [0.15, 0.2) is 5.38 Å². The average Bonchev–Trinajstić information content (AvgIpc) is 2.50. The third-order valence-corrected chi connectivity index (χ3v) is 3.44. The highest BCUT2D eigenvalue weighted by Crippen LogP contribution is 2.16. The van der Waals surface area contributed by atoms with Gasteiger partial charge in [0.15, 0.2) is 0 Å². The molecule has 1 rings (SSSR count). The number of aliphatic hydroxyl groups is 1. The third-order valence-electron chi connectivity index (χ3n) is 2.45. The van der Waals surface area contributed by atoms with Gasteiger partial charge in [0.1, 0.15) is 0 Å². The Labute approximate surface area is 90.0 Å². The Hall–Kier alpha value is -0.410. The zero-order valence-corrected chi connectivity index (χ0v) is 9.97. The monoisotopic (exact) mass is 213 g/mol. The van der Waals surface area contributed by atoms with E-state index in [0.717, 1.165) is 23.5 Å². The number of nitrogens with zero attached hydrogens (tertiary/aromatic N) is 1. The number of aryl methyl sites for hydroxylation is 1. The number of aliphatic hydroxyl groups excluding tert-OH is 1. The van der Waals surface area contributed by atoms with Crippen molar-refractivity contribution in [1.29, 1.82) is 0 Å². The van der Waals surface area contributed by atoms with E-state index in [1.807, 2.05) is 12.3 Å². The molecule has 0 fully saturated rings. The molecule has 0 spiro atoms. The van der Waals surface area contributed by atoms with Crippen molar-refractivity contribution < 1.29 is 5.11 Å². The smallest absolute Gasteiger partial charge is 0.0953 e. The molecule has 1 aromatic rings. The van der Waals surface area contributed by atoms with Crippen LogP contribution in [-0.4, -0.2) is 16.2 Å². The van der Waals surface area contributed by atoms with Crippen LogP contribution < -0.4 is 0 Å². The van der Waals surface area contributed by atoms with E-state index in [-0.39, 0.29) is 6.10 Å². The minimum absolute atomic E-state index is 0.226. The van der Waals surface area contributed by atoms with Gasteiger partial charge in [-0.15, -0.1) is 11.3 Å². The Bertz CT molecular complexity index is 272. The minimum atomic E-state index is -0.226. The molecule has 80 valence electrons. The van der Waals surface area contributed by atoms with Crippen molar-refractivity contribution >= 4 is 11.3 Å². The van der Waals surface area contributed by atoms with Crippen LogP contribution in [0.2, 0.25) is 0 Å². The summed E-state index contributed by atoms with van der Waals surface area (Å²) in [7, 11) is 0. The molecule has 1 N–H and O–H groups in total. The van der Waals surface area contributed by atoms with Crippen LogP contribution in [0, 0.1) is 12.8 Å². The van der Waals surface area contributed by atoms with Gasteiger partial charge in [0.05, 0.1) is 11.1 Å². The van der Waals surface area contributed by atoms with Crippen molar-refractivity contribution in [3.8, 4) is 0 Å². The van der Waals surface area contributed by atoms with Gasteiger partial charge in [-0.3, -0.25) is 0 Å². The molecule has 2 nitrogen and oxygen atoms in total. The van der Waals surface area contributed by atoms with Crippen molar-refractivity contribution in [2.45, 2.75) is 46.1 Å². The second-order valence-electron chi connectivity index (χ2n) is 3.99. The lowest BCUT2D eigenvalue weighted by atomic mass is 10.00. The summed E-state index contributed by atoms with van der Waals surface area (Å²) in [5.41, 5.74) is 1.06. The van der Waals surface area contributed by atoms with E-state index >= 15 is 0 Å². The molecule has 1 aromatic heterocycles. The van der Waals surface area contributed by atoms with Crippen LogP contribution in [0.25, 0.3) is 0 Å². The predicted molar refractivity (Wildman–Crippen MR) is 60.6 cm³/mol. The maximum Gasteiger partial charge on any atom is 0.0953 e. The first-order chi connectivity index (χ1) is 6.61. The maximum atomic E-state index is 9.78. The van der Waals surface area contributed by atoms with Crippen LogP contribution >= 0.6 is 11.3 Å². The molecule has 0 aliphatic carbocycles.